The Hall–Kier alpha value is -2.92. The molecule has 1 aromatic heterocycles. The Morgan fingerprint density at radius 2 is 1.73 bits per heavy atom. The smallest absolute Gasteiger partial charge is 0.272 e. The summed E-state index contributed by atoms with van der Waals surface area (Å²) in [5, 5.41) is 10.5. The Morgan fingerprint density at radius 1 is 1.03 bits per heavy atom. The number of carbonyl (C=O) groups excluding carboxylic acids is 1. The highest BCUT2D eigenvalue weighted by atomic mass is 32.2. The molecule has 0 saturated carbocycles. The molecule has 8 nitrogen and oxygen atoms in total. The van der Waals surface area contributed by atoms with Gasteiger partial charge in [0.1, 0.15) is 0 Å². The number of piperazine rings is 1. The van der Waals surface area contributed by atoms with Gasteiger partial charge in [0.25, 0.3) is 15.9 Å². The van der Waals surface area contributed by atoms with Crippen molar-refractivity contribution in [2.45, 2.75) is 11.3 Å². The predicted octanol–water partition coefficient (Wildman–Crippen LogP) is 3.12. The van der Waals surface area contributed by atoms with Crippen molar-refractivity contribution in [3.05, 3.63) is 77.4 Å². The van der Waals surface area contributed by atoms with Crippen LogP contribution in [0.4, 0.5) is 5.13 Å². The van der Waals surface area contributed by atoms with Gasteiger partial charge in [-0.15, -0.1) is 10.2 Å². The zero-order chi connectivity index (χ0) is 23.3. The molecule has 33 heavy (non-hydrogen) atoms. The number of amides is 1. The maximum Gasteiger partial charge on any atom is 0.272 e. The molecule has 1 amide bonds. The monoisotopic (exact) mass is 483 g/mol. The van der Waals surface area contributed by atoms with Crippen LogP contribution in [0.5, 0.6) is 0 Å². The summed E-state index contributed by atoms with van der Waals surface area (Å²) in [7, 11) is -3.75. The first-order valence-electron chi connectivity index (χ1n) is 10.6. The highest BCUT2D eigenvalue weighted by Gasteiger charge is 2.31. The van der Waals surface area contributed by atoms with Crippen LogP contribution in [-0.4, -0.2) is 66.5 Å². The second kappa shape index (κ2) is 10.3. The molecule has 2 heterocycles. The van der Waals surface area contributed by atoms with Crippen LogP contribution in [0.1, 0.15) is 21.5 Å². The molecule has 0 atom stereocenters. The molecule has 172 valence electrons. The van der Waals surface area contributed by atoms with E-state index < -0.39 is 10.0 Å². The number of aryl methyl sites for hydroxylation is 1. The van der Waals surface area contributed by atoms with Crippen molar-refractivity contribution in [3.63, 3.8) is 0 Å². The molecule has 0 bridgehead atoms. The summed E-state index contributed by atoms with van der Waals surface area (Å²) in [6, 6.07) is 17.2. The summed E-state index contributed by atoms with van der Waals surface area (Å²) >= 11 is 0.866. The van der Waals surface area contributed by atoms with Crippen LogP contribution in [0, 0.1) is 6.92 Å². The van der Waals surface area contributed by atoms with Crippen molar-refractivity contribution in [1.82, 2.24) is 19.4 Å². The van der Waals surface area contributed by atoms with E-state index in [1.807, 2.05) is 49.4 Å². The van der Waals surface area contributed by atoms with E-state index in [4.69, 9.17) is 0 Å². The minimum atomic E-state index is -3.75. The van der Waals surface area contributed by atoms with E-state index in [2.05, 4.69) is 32.6 Å². The Morgan fingerprint density at radius 3 is 2.45 bits per heavy atom. The average Bonchev–Trinajstić information content (AvgIpc) is 3.30. The van der Waals surface area contributed by atoms with Gasteiger partial charge < -0.3 is 0 Å². The Kier molecular flexibility index (Phi) is 7.29. The first kappa shape index (κ1) is 23.2. The number of nitrogens with one attached hydrogen (secondary N) is 1. The van der Waals surface area contributed by atoms with Gasteiger partial charge in [-0.05, 0) is 24.1 Å². The SMILES string of the molecule is Cc1ccccc1C(=O)Nc1nnc(S(=O)(=O)N2CCN(C/C=C/c3ccccc3)CC2)s1. The molecule has 0 spiro atoms. The van der Waals surface area contributed by atoms with Gasteiger partial charge in [-0.1, -0.05) is 72.0 Å². The van der Waals surface area contributed by atoms with Gasteiger partial charge in [-0.25, -0.2) is 8.42 Å². The van der Waals surface area contributed by atoms with Crippen LogP contribution < -0.4 is 5.32 Å². The largest absolute Gasteiger partial charge is 0.297 e. The van der Waals surface area contributed by atoms with Gasteiger partial charge in [0.15, 0.2) is 0 Å². The number of nitrogens with zero attached hydrogens (tertiary/aromatic N) is 4. The molecule has 1 saturated heterocycles. The summed E-state index contributed by atoms with van der Waals surface area (Å²) in [4.78, 5) is 14.7. The third-order valence-electron chi connectivity index (χ3n) is 5.38. The van der Waals surface area contributed by atoms with Crippen LogP contribution in [-0.2, 0) is 10.0 Å². The predicted molar refractivity (Wildman–Crippen MR) is 130 cm³/mol. The Labute approximate surface area is 197 Å². The molecule has 10 heteroatoms. The Balaban J connectivity index is 1.33. The molecule has 3 aromatic rings. The van der Waals surface area contributed by atoms with Crippen molar-refractivity contribution < 1.29 is 13.2 Å². The van der Waals surface area contributed by atoms with Gasteiger partial charge in [0, 0.05) is 38.3 Å². The lowest BCUT2D eigenvalue weighted by molar-refractivity contribution is 0.102. The Bertz CT molecular complexity index is 1230. The van der Waals surface area contributed by atoms with E-state index in [9.17, 15) is 13.2 Å². The first-order valence-corrected chi connectivity index (χ1v) is 12.8. The zero-order valence-corrected chi connectivity index (χ0v) is 19.8. The van der Waals surface area contributed by atoms with E-state index in [-0.39, 0.29) is 15.4 Å². The fourth-order valence-corrected chi connectivity index (χ4v) is 5.98. The molecule has 4 rings (SSSR count). The highest BCUT2D eigenvalue weighted by Crippen LogP contribution is 2.25. The number of aromatic nitrogens is 2. The van der Waals surface area contributed by atoms with E-state index in [0.717, 1.165) is 29.0 Å². The molecule has 2 aromatic carbocycles. The number of hydrogen-bond donors (Lipinski definition) is 1. The zero-order valence-electron chi connectivity index (χ0n) is 18.2. The van der Waals surface area contributed by atoms with E-state index in [1.54, 1.807) is 12.1 Å². The van der Waals surface area contributed by atoms with Crippen molar-refractivity contribution in [1.29, 1.82) is 0 Å². The number of carbonyl (C=O) groups is 1. The lowest BCUT2D eigenvalue weighted by Gasteiger charge is -2.32. The lowest BCUT2D eigenvalue weighted by Crippen LogP contribution is -2.48. The molecule has 1 aliphatic rings. The summed E-state index contributed by atoms with van der Waals surface area (Å²) < 4.78 is 27.3. The van der Waals surface area contributed by atoms with Crippen molar-refractivity contribution in [3.8, 4) is 0 Å². The van der Waals surface area contributed by atoms with Gasteiger partial charge >= 0.3 is 0 Å². The second-order valence-corrected chi connectivity index (χ2v) is 10.7. The van der Waals surface area contributed by atoms with Crippen molar-refractivity contribution in [2.24, 2.45) is 0 Å². The third kappa shape index (κ3) is 5.72. The normalized spacial score (nSPS) is 15.7. The second-order valence-electron chi connectivity index (χ2n) is 7.66. The van der Waals surface area contributed by atoms with E-state index in [0.29, 0.717) is 31.7 Å². The van der Waals surface area contributed by atoms with Gasteiger partial charge in [0.05, 0.1) is 0 Å². The molecule has 1 fully saturated rings. The molecule has 0 aliphatic carbocycles. The minimum Gasteiger partial charge on any atom is -0.297 e. The van der Waals surface area contributed by atoms with Crippen molar-refractivity contribution >= 4 is 38.5 Å². The average molecular weight is 484 g/mol. The topological polar surface area (TPSA) is 95.5 Å². The highest BCUT2D eigenvalue weighted by molar-refractivity contribution is 7.91. The van der Waals surface area contributed by atoms with E-state index in [1.165, 1.54) is 4.31 Å². The van der Waals surface area contributed by atoms with Crippen LogP contribution in [0.3, 0.4) is 0 Å². The molecule has 1 N–H and O–H groups in total. The number of sulfonamides is 1. The van der Waals surface area contributed by atoms with Gasteiger partial charge in [-0.2, -0.15) is 4.31 Å². The molecular formula is C23H25N5O3S2. The number of rotatable bonds is 7. The number of anilines is 1. The molecule has 0 unspecified atom stereocenters. The van der Waals surface area contributed by atoms with Crippen molar-refractivity contribution in [2.75, 3.05) is 38.0 Å². The maximum absolute atomic E-state index is 13.0. The quantitative estimate of drug-likeness (QED) is 0.519. The fourth-order valence-electron chi connectivity index (χ4n) is 3.52. The summed E-state index contributed by atoms with van der Waals surface area (Å²) in [6.45, 7) is 4.62. The van der Waals surface area contributed by atoms with Crippen LogP contribution in [0.25, 0.3) is 6.08 Å². The lowest BCUT2D eigenvalue weighted by atomic mass is 10.1. The summed E-state index contributed by atoms with van der Waals surface area (Å²) in [6.07, 6.45) is 4.16. The van der Waals surface area contributed by atoms with Crippen LogP contribution in [0.2, 0.25) is 0 Å². The standard InChI is InChI=1S/C23H25N5O3S2/c1-18-8-5-6-12-20(18)21(29)24-22-25-26-23(32-22)33(30,31)28-16-14-27(15-17-28)13-7-11-19-9-3-2-4-10-19/h2-12H,13-17H2,1H3,(H,24,25,29)/b11-7+. The number of hydrogen-bond acceptors (Lipinski definition) is 7. The van der Waals surface area contributed by atoms with E-state index >= 15 is 0 Å². The van der Waals surface area contributed by atoms with Crippen LogP contribution >= 0.6 is 11.3 Å². The third-order valence-corrected chi connectivity index (χ3v) is 8.47. The fraction of sp³-hybridized carbons (Fsp3) is 0.261. The summed E-state index contributed by atoms with van der Waals surface area (Å²) in [5.74, 6) is -0.342. The minimum absolute atomic E-state index is 0.111. The molecular weight excluding hydrogens is 458 g/mol. The first-order chi connectivity index (χ1) is 15.9. The van der Waals surface area contributed by atoms with Crippen LogP contribution in [0.15, 0.2) is 65.0 Å². The molecule has 0 radical (unpaired) electrons. The maximum atomic E-state index is 13.0. The molecule has 1 aliphatic heterocycles. The van der Waals surface area contributed by atoms with Gasteiger partial charge in [-0.3, -0.25) is 15.0 Å². The van der Waals surface area contributed by atoms with Gasteiger partial charge in [0.2, 0.25) is 9.47 Å². The summed E-state index contributed by atoms with van der Waals surface area (Å²) in [5.41, 5.74) is 2.47. The number of benzene rings is 2.